The molecule has 3 nitrogen and oxygen atoms in total. The smallest absolute Gasteiger partial charge is 0.130 e. The molecule has 1 aromatic carbocycles. The van der Waals surface area contributed by atoms with Gasteiger partial charge in [0.15, 0.2) is 0 Å². The average molecular weight is 246 g/mol. The van der Waals surface area contributed by atoms with E-state index >= 15 is 0 Å². The predicted octanol–water partition coefficient (Wildman–Crippen LogP) is 2.57. The van der Waals surface area contributed by atoms with E-state index in [1.54, 1.807) is 6.07 Å². The van der Waals surface area contributed by atoms with Gasteiger partial charge in [0, 0.05) is 17.8 Å². The number of aromatic nitrogens is 1. The first-order valence-electron chi connectivity index (χ1n) is 5.73. The highest BCUT2D eigenvalue weighted by atomic mass is 19.1. The van der Waals surface area contributed by atoms with Crippen LogP contribution in [-0.4, -0.2) is 4.98 Å². The van der Waals surface area contributed by atoms with Crippen molar-refractivity contribution in [3.8, 4) is 5.75 Å². The van der Waals surface area contributed by atoms with Crippen LogP contribution in [-0.2, 0) is 13.2 Å². The van der Waals surface area contributed by atoms with E-state index in [4.69, 9.17) is 10.5 Å². The molecule has 0 radical (unpaired) electrons. The summed E-state index contributed by atoms with van der Waals surface area (Å²) >= 11 is 0. The summed E-state index contributed by atoms with van der Waals surface area (Å²) in [5, 5.41) is 0. The SMILES string of the molecule is Cc1cccc(COc2ccc(F)cc2CN)n1. The largest absolute Gasteiger partial charge is 0.487 e. The molecular formula is C14H15FN2O. The van der Waals surface area contributed by atoms with E-state index in [1.165, 1.54) is 12.1 Å². The van der Waals surface area contributed by atoms with Crippen molar-refractivity contribution in [1.82, 2.24) is 4.98 Å². The molecule has 0 amide bonds. The van der Waals surface area contributed by atoms with Crippen molar-refractivity contribution in [2.45, 2.75) is 20.1 Å². The fourth-order valence-corrected chi connectivity index (χ4v) is 1.68. The normalized spacial score (nSPS) is 10.4. The predicted molar refractivity (Wildman–Crippen MR) is 67.6 cm³/mol. The summed E-state index contributed by atoms with van der Waals surface area (Å²) in [7, 11) is 0. The molecule has 0 fully saturated rings. The maximum atomic E-state index is 13.0. The Morgan fingerprint density at radius 2 is 2.11 bits per heavy atom. The van der Waals surface area contributed by atoms with Gasteiger partial charge in [0.05, 0.1) is 5.69 Å². The number of hydrogen-bond donors (Lipinski definition) is 1. The van der Waals surface area contributed by atoms with Gasteiger partial charge in [-0.05, 0) is 37.3 Å². The maximum Gasteiger partial charge on any atom is 0.130 e. The fraction of sp³-hybridized carbons (Fsp3) is 0.214. The minimum atomic E-state index is -0.309. The molecule has 2 rings (SSSR count). The Morgan fingerprint density at radius 1 is 1.28 bits per heavy atom. The van der Waals surface area contributed by atoms with Gasteiger partial charge in [0.1, 0.15) is 18.2 Å². The van der Waals surface area contributed by atoms with Crippen molar-refractivity contribution in [3.05, 3.63) is 59.2 Å². The summed E-state index contributed by atoms with van der Waals surface area (Å²) in [5.74, 6) is 0.290. The quantitative estimate of drug-likeness (QED) is 0.902. The van der Waals surface area contributed by atoms with Crippen LogP contribution in [0.2, 0.25) is 0 Å². The van der Waals surface area contributed by atoms with Gasteiger partial charge in [-0.3, -0.25) is 4.98 Å². The molecule has 0 spiro atoms. The Labute approximate surface area is 105 Å². The number of rotatable bonds is 4. The van der Waals surface area contributed by atoms with Crippen molar-refractivity contribution >= 4 is 0 Å². The zero-order chi connectivity index (χ0) is 13.0. The van der Waals surface area contributed by atoms with Gasteiger partial charge < -0.3 is 10.5 Å². The van der Waals surface area contributed by atoms with Gasteiger partial charge in [-0.25, -0.2) is 4.39 Å². The van der Waals surface area contributed by atoms with Crippen LogP contribution in [0.4, 0.5) is 4.39 Å². The maximum absolute atomic E-state index is 13.0. The lowest BCUT2D eigenvalue weighted by molar-refractivity contribution is 0.297. The summed E-state index contributed by atoms with van der Waals surface area (Å²) < 4.78 is 18.6. The standard InChI is InChI=1S/C14H15FN2O/c1-10-3-2-4-13(17-10)9-18-14-6-5-12(15)7-11(14)8-16/h2-7H,8-9,16H2,1H3. The highest BCUT2D eigenvalue weighted by Gasteiger charge is 2.05. The zero-order valence-electron chi connectivity index (χ0n) is 10.2. The molecule has 2 aromatic rings. The van der Waals surface area contributed by atoms with Crippen LogP contribution in [0.5, 0.6) is 5.75 Å². The number of aryl methyl sites for hydroxylation is 1. The third-order valence-corrected chi connectivity index (χ3v) is 2.56. The number of nitrogens with zero attached hydrogens (tertiary/aromatic N) is 1. The lowest BCUT2D eigenvalue weighted by atomic mass is 10.2. The molecule has 18 heavy (non-hydrogen) atoms. The Bertz CT molecular complexity index is 543. The van der Waals surface area contributed by atoms with Gasteiger partial charge in [-0.15, -0.1) is 0 Å². The number of nitrogens with two attached hydrogens (primary N) is 1. The van der Waals surface area contributed by atoms with E-state index in [1.807, 2.05) is 25.1 Å². The molecule has 1 aromatic heterocycles. The van der Waals surface area contributed by atoms with Crippen LogP contribution in [0, 0.1) is 12.7 Å². The third kappa shape index (κ3) is 3.05. The highest BCUT2D eigenvalue weighted by Crippen LogP contribution is 2.20. The summed E-state index contributed by atoms with van der Waals surface area (Å²) in [6.07, 6.45) is 0. The van der Waals surface area contributed by atoms with Gasteiger partial charge >= 0.3 is 0 Å². The Kier molecular flexibility index (Phi) is 3.89. The van der Waals surface area contributed by atoms with E-state index < -0.39 is 0 Å². The molecule has 0 saturated carbocycles. The number of hydrogen-bond acceptors (Lipinski definition) is 3. The molecule has 1 heterocycles. The number of halogens is 1. The van der Waals surface area contributed by atoms with Gasteiger partial charge in [-0.1, -0.05) is 6.07 Å². The van der Waals surface area contributed by atoms with E-state index in [2.05, 4.69) is 4.98 Å². The topological polar surface area (TPSA) is 48.1 Å². The fourth-order valence-electron chi connectivity index (χ4n) is 1.68. The van der Waals surface area contributed by atoms with Crippen LogP contribution >= 0.6 is 0 Å². The molecule has 0 aliphatic rings. The van der Waals surface area contributed by atoms with Crippen LogP contribution in [0.3, 0.4) is 0 Å². The summed E-state index contributed by atoms with van der Waals surface area (Å²) in [6, 6.07) is 10.1. The lowest BCUT2D eigenvalue weighted by Crippen LogP contribution is -2.04. The summed E-state index contributed by atoms with van der Waals surface area (Å²) in [4.78, 5) is 4.33. The average Bonchev–Trinajstić information content (AvgIpc) is 2.37. The Hall–Kier alpha value is -1.94. The molecule has 0 saturated heterocycles. The Morgan fingerprint density at radius 3 is 2.83 bits per heavy atom. The first-order chi connectivity index (χ1) is 8.69. The molecule has 94 valence electrons. The minimum Gasteiger partial charge on any atom is -0.487 e. The van der Waals surface area contributed by atoms with Gasteiger partial charge in [0.2, 0.25) is 0 Å². The number of ether oxygens (including phenoxy) is 1. The van der Waals surface area contributed by atoms with Crippen LogP contribution < -0.4 is 10.5 Å². The van der Waals surface area contributed by atoms with E-state index in [0.29, 0.717) is 17.9 Å². The summed E-state index contributed by atoms with van der Waals surface area (Å²) in [5.41, 5.74) is 7.98. The molecular weight excluding hydrogens is 231 g/mol. The monoisotopic (exact) mass is 246 g/mol. The molecule has 0 bridgehead atoms. The minimum absolute atomic E-state index is 0.244. The highest BCUT2D eigenvalue weighted by molar-refractivity contribution is 5.33. The molecule has 4 heteroatoms. The van der Waals surface area contributed by atoms with Gasteiger partial charge in [0.25, 0.3) is 0 Å². The molecule has 2 N–H and O–H groups in total. The van der Waals surface area contributed by atoms with Gasteiger partial charge in [-0.2, -0.15) is 0 Å². The lowest BCUT2D eigenvalue weighted by Gasteiger charge is -2.10. The first-order valence-corrected chi connectivity index (χ1v) is 5.73. The second-order valence-corrected chi connectivity index (χ2v) is 4.02. The van der Waals surface area contributed by atoms with Crippen molar-refractivity contribution < 1.29 is 9.13 Å². The molecule has 0 unspecified atom stereocenters. The number of benzene rings is 1. The van der Waals surface area contributed by atoms with Crippen molar-refractivity contribution in [3.63, 3.8) is 0 Å². The Balaban J connectivity index is 2.10. The molecule has 0 aliphatic heterocycles. The third-order valence-electron chi connectivity index (χ3n) is 2.56. The molecule has 0 aliphatic carbocycles. The zero-order valence-corrected chi connectivity index (χ0v) is 10.2. The number of pyridine rings is 1. The summed E-state index contributed by atoms with van der Waals surface area (Å²) in [6.45, 7) is 2.52. The second-order valence-electron chi connectivity index (χ2n) is 4.02. The van der Waals surface area contributed by atoms with Crippen LogP contribution in [0.1, 0.15) is 17.0 Å². The van der Waals surface area contributed by atoms with E-state index in [-0.39, 0.29) is 12.4 Å². The van der Waals surface area contributed by atoms with E-state index in [9.17, 15) is 4.39 Å². The van der Waals surface area contributed by atoms with E-state index in [0.717, 1.165) is 11.4 Å². The van der Waals surface area contributed by atoms with Crippen molar-refractivity contribution in [1.29, 1.82) is 0 Å². The van der Waals surface area contributed by atoms with Crippen molar-refractivity contribution in [2.75, 3.05) is 0 Å². The molecule has 0 atom stereocenters. The second kappa shape index (κ2) is 5.60. The van der Waals surface area contributed by atoms with Crippen molar-refractivity contribution in [2.24, 2.45) is 5.73 Å². The van der Waals surface area contributed by atoms with Crippen LogP contribution in [0.15, 0.2) is 36.4 Å². The first kappa shape index (κ1) is 12.5. The van der Waals surface area contributed by atoms with Crippen LogP contribution in [0.25, 0.3) is 0 Å².